The van der Waals surface area contributed by atoms with Crippen LogP contribution in [0.3, 0.4) is 0 Å². The van der Waals surface area contributed by atoms with Crippen LogP contribution in [0, 0.1) is 6.92 Å². The van der Waals surface area contributed by atoms with E-state index in [9.17, 15) is 4.79 Å². The van der Waals surface area contributed by atoms with Crippen molar-refractivity contribution in [2.75, 3.05) is 6.54 Å². The van der Waals surface area contributed by atoms with Crippen molar-refractivity contribution in [1.82, 2.24) is 9.78 Å². The van der Waals surface area contributed by atoms with Crippen LogP contribution in [-0.4, -0.2) is 27.4 Å². The monoisotopic (exact) mass is 285 g/mol. The van der Waals surface area contributed by atoms with Gasteiger partial charge in [0.05, 0.1) is 16.9 Å². The highest BCUT2D eigenvalue weighted by atomic mass is 16.4. The first-order chi connectivity index (χ1) is 10.1. The van der Waals surface area contributed by atoms with E-state index in [1.807, 2.05) is 23.7 Å². The lowest BCUT2D eigenvalue weighted by atomic mass is 9.85. The van der Waals surface area contributed by atoms with Gasteiger partial charge in [0.15, 0.2) is 0 Å². The van der Waals surface area contributed by atoms with Gasteiger partial charge in [0.1, 0.15) is 0 Å². The van der Waals surface area contributed by atoms with Crippen LogP contribution in [-0.2, 0) is 6.42 Å². The molecule has 1 atom stereocenters. The third-order valence-corrected chi connectivity index (χ3v) is 4.22. The second kappa shape index (κ2) is 5.33. The first-order valence-electron chi connectivity index (χ1n) is 7.24. The van der Waals surface area contributed by atoms with Gasteiger partial charge in [-0.1, -0.05) is 0 Å². The van der Waals surface area contributed by atoms with Crippen LogP contribution in [0.15, 0.2) is 24.3 Å². The Kier molecular flexibility index (Phi) is 3.51. The molecule has 1 heterocycles. The number of carbonyl (C=O) groups is 1. The molecule has 110 valence electrons. The molecule has 21 heavy (non-hydrogen) atoms. The van der Waals surface area contributed by atoms with Gasteiger partial charge < -0.3 is 10.8 Å². The van der Waals surface area contributed by atoms with Crippen molar-refractivity contribution >= 4 is 5.97 Å². The summed E-state index contributed by atoms with van der Waals surface area (Å²) in [4.78, 5) is 10.9. The Morgan fingerprint density at radius 1 is 1.43 bits per heavy atom. The molecule has 1 unspecified atom stereocenters. The molecule has 3 rings (SSSR count). The molecule has 5 heteroatoms. The van der Waals surface area contributed by atoms with E-state index in [-0.39, 0.29) is 5.56 Å². The number of hydrogen-bond donors (Lipinski definition) is 2. The molecular weight excluding hydrogens is 266 g/mol. The third kappa shape index (κ3) is 2.34. The summed E-state index contributed by atoms with van der Waals surface area (Å²) in [7, 11) is 0. The van der Waals surface area contributed by atoms with Gasteiger partial charge in [-0.25, -0.2) is 9.48 Å². The van der Waals surface area contributed by atoms with Crippen LogP contribution < -0.4 is 5.73 Å². The number of nitrogens with two attached hydrogens (primary N) is 1. The van der Waals surface area contributed by atoms with Gasteiger partial charge >= 0.3 is 5.97 Å². The van der Waals surface area contributed by atoms with Crippen molar-refractivity contribution in [3.05, 3.63) is 46.8 Å². The summed E-state index contributed by atoms with van der Waals surface area (Å²) >= 11 is 0. The van der Waals surface area contributed by atoms with Crippen molar-refractivity contribution in [2.24, 2.45) is 5.73 Å². The van der Waals surface area contributed by atoms with E-state index < -0.39 is 5.97 Å². The number of aromatic carboxylic acids is 1. The predicted octanol–water partition coefficient (Wildman–Crippen LogP) is 2.26. The lowest BCUT2D eigenvalue weighted by Crippen LogP contribution is -2.19. The predicted molar refractivity (Wildman–Crippen MR) is 80.0 cm³/mol. The maximum atomic E-state index is 10.9. The number of aryl methyl sites for hydroxylation is 1. The molecule has 0 amide bonds. The minimum absolute atomic E-state index is 0.288. The third-order valence-electron chi connectivity index (χ3n) is 4.22. The highest BCUT2D eigenvalue weighted by Crippen LogP contribution is 2.34. The summed E-state index contributed by atoms with van der Waals surface area (Å²) in [5.41, 5.74) is 10.6. The number of carboxylic acid groups (broad SMARTS) is 1. The topological polar surface area (TPSA) is 81.1 Å². The van der Waals surface area contributed by atoms with Gasteiger partial charge in [0, 0.05) is 11.3 Å². The Hall–Kier alpha value is -2.14. The SMILES string of the molecule is Cc1nn(-c2ccc(C(=O)O)cc2)c2c1C(CN)CCC2. The van der Waals surface area contributed by atoms with E-state index in [1.165, 1.54) is 11.3 Å². The van der Waals surface area contributed by atoms with E-state index in [0.29, 0.717) is 12.5 Å². The van der Waals surface area contributed by atoms with E-state index in [1.54, 1.807) is 12.1 Å². The Morgan fingerprint density at radius 3 is 2.76 bits per heavy atom. The molecule has 0 aliphatic heterocycles. The van der Waals surface area contributed by atoms with Crippen LogP contribution in [0.5, 0.6) is 0 Å². The molecule has 0 spiro atoms. The highest BCUT2D eigenvalue weighted by molar-refractivity contribution is 5.87. The van der Waals surface area contributed by atoms with Crippen molar-refractivity contribution < 1.29 is 9.90 Å². The number of fused-ring (bicyclic) bond motifs is 1. The van der Waals surface area contributed by atoms with E-state index in [4.69, 9.17) is 10.8 Å². The Morgan fingerprint density at radius 2 is 2.14 bits per heavy atom. The number of aromatic nitrogens is 2. The van der Waals surface area contributed by atoms with Crippen LogP contribution in [0.1, 0.15) is 46.1 Å². The molecule has 1 aliphatic rings. The Labute approximate surface area is 123 Å². The lowest BCUT2D eigenvalue weighted by molar-refractivity contribution is 0.0697. The zero-order valence-electron chi connectivity index (χ0n) is 12.0. The first kappa shape index (κ1) is 13.8. The van der Waals surface area contributed by atoms with Crippen molar-refractivity contribution in [3.8, 4) is 5.69 Å². The van der Waals surface area contributed by atoms with Gasteiger partial charge in [-0.2, -0.15) is 5.10 Å². The van der Waals surface area contributed by atoms with Gasteiger partial charge in [0.2, 0.25) is 0 Å². The summed E-state index contributed by atoms with van der Waals surface area (Å²) in [6, 6.07) is 6.85. The summed E-state index contributed by atoms with van der Waals surface area (Å²) < 4.78 is 1.94. The highest BCUT2D eigenvalue weighted by Gasteiger charge is 2.26. The number of carboxylic acids is 1. The average molecular weight is 285 g/mol. The van der Waals surface area contributed by atoms with Crippen LogP contribution in [0.25, 0.3) is 5.69 Å². The fraction of sp³-hybridized carbons (Fsp3) is 0.375. The molecule has 0 radical (unpaired) electrons. The normalized spacial score (nSPS) is 17.5. The zero-order chi connectivity index (χ0) is 15.0. The summed E-state index contributed by atoms with van der Waals surface area (Å²) in [6.07, 6.45) is 3.23. The molecule has 1 aromatic heterocycles. The smallest absolute Gasteiger partial charge is 0.335 e. The lowest BCUT2D eigenvalue weighted by Gasteiger charge is -2.22. The fourth-order valence-corrected chi connectivity index (χ4v) is 3.21. The van der Waals surface area contributed by atoms with Crippen LogP contribution in [0.4, 0.5) is 0 Å². The van der Waals surface area contributed by atoms with Crippen LogP contribution >= 0.6 is 0 Å². The summed E-state index contributed by atoms with van der Waals surface area (Å²) in [5.74, 6) is -0.524. The zero-order valence-corrected chi connectivity index (χ0v) is 12.0. The first-order valence-corrected chi connectivity index (χ1v) is 7.24. The second-order valence-corrected chi connectivity index (χ2v) is 5.53. The maximum absolute atomic E-state index is 10.9. The molecule has 0 fully saturated rings. The van der Waals surface area contributed by atoms with Crippen LogP contribution in [0.2, 0.25) is 0 Å². The molecule has 0 saturated carbocycles. The fourth-order valence-electron chi connectivity index (χ4n) is 3.21. The van der Waals surface area contributed by atoms with Crippen molar-refractivity contribution in [2.45, 2.75) is 32.1 Å². The average Bonchev–Trinajstić information content (AvgIpc) is 2.85. The molecular formula is C16H19N3O2. The van der Waals surface area contributed by atoms with Gasteiger partial charge in [-0.05, 0) is 62.9 Å². The second-order valence-electron chi connectivity index (χ2n) is 5.53. The van der Waals surface area contributed by atoms with E-state index in [0.717, 1.165) is 30.6 Å². The van der Waals surface area contributed by atoms with Crippen molar-refractivity contribution in [3.63, 3.8) is 0 Å². The summed E-state index contributed by atoms with van der Waals surface area (Å²) in [6.45, 7) is 2.67. The number of rotatable bonds is 3. The number of benzene rings is 1. The van der Waals surface area contributed by atoms with E-state index in [2.05, 4.69) is 5.10 Å². The maximum Gasteiger partial charge on any atom is 0.335 e. The van der Waals surface area contributed by atoms with Gasteiger partial charge in [0.25, 0.3) is 0 Å². The minimum atomic E-state index is -0.913. The quantitative estimate of drug-likeness (QED) is 0.906. The molecule has 1 aliphatic carbocycles. The van der Waals surface area contributed by atoms with E-state index >= 15 is 0 Å². The Balaban J connectivity index is 2.05. The van der Waals surface area contributed by atoms with Crippen molar-refractivity contribution in [1.29, 1.82) is 0 Å². The molecule has 0 bridgehead atoms. The largest absolute Gasteiger partial charge is 0.478 e. The molecule has 2 aromatic rings. The van der Waals surface area contributed by atoms with Gasteiger partial charge in [-0.3, -0.25) is 0 Å². The standard InChI is InChI=1S/C16H19N3O2/c1-10-15-12(9-17)3-2-4-14(15)19(18-10)13-7-5-11(6-8-13)16(20)21/h5-8,12H,2-4,9,17H2,1H3,(H,20,21). The molecule has 0 saturated heterocycles. The molecule has 5 nitrogen and oxygen atoms in total. The summed E-state index contributed by atoms with van der Waals surface area (Å²) in [5, 5.41) is 13.6. The number of nitrogens with zero attached hydrogens (tertiary/aromatic N) is 2. The molecule has 3 N–H and O–H groups in total. The van der Waals surface area contributed by atoms with Gasteiger partial charge in [-0.15, -0.1) is 0 Å². The Bertz CT molecular complexity index is 674. The number of hydrogen-bond acceptors (Lipinski definition) is 3. The minimum Gasteiger partial charge on any atom is -0.478 e. The molecule has 1 aromatic carbocycles.